The molecule has 3 N–H and O–H groups in total. The number of carbonyl (C=O) groups excluding carboxylic acids is 1. The van der Waals surface area contributed by atoms with Crippen molar-refractivity contribution >= 4 is 11.6 Å². The maximum atomic E-state index is 12.5. The number of aryl methyl sites for hydroxylation is 2. The van der Waals surface area contributed by atoms with E-state index in [1.165, 1.54) is 12.0 Å². The number of benzene rings is 1. The molecule has 1 aromatic carbocycles. The molecule has 1 saturated heterocycles. The van der Waals surface area contributed by atoms with Gasteiger partial charge in [0.15, 0.2) is 0 Å². The van der Waals surface area contributed by atoms with Gasteiger partial charge in [0, 0.05) is 17.8 Å². The Morgan fingerprint density at radius 1 is 1.45 bits per heavy atom. The summed E-state index contributed by atoms with van der Waals surface area (Å²) >= 11 is 0. The number of hydrogen-bond donors (Lipinski definition) is 2. The van der Waals surface area contributed by atoms with Crippen molar-refractivity contribution in [2.75, 3.05) is 18.4 Å². The fourth-order valence-corrected chi connectivity index (χ4v) is 3.37. The summed E-state index contributed by atoms with van der Waals surface area (Å²) in [5.41, 5.74) is 9.37. The maximum absolute atomic E-state index is 12.5. The molecular formula is C18H29N3O. The Kier molecular flexibility index (Phi) is 5.98. The predicted octanol–water partition coefficient (Wildman–Crippen LogP) is 2.70. The fraction of sp³-hybridized carbons (Fsp3) is 0.611. The molecule has 0 aromatic heterocycles. The number of anilines is 1. The smallest absolute Gasteiger partial charge is 0.238 e. The third-order valence-corrected chi connectivity index (χ3v) is 4.62. The number of nitrogens with two attached hydrogens (primary N) is 1. The van der Waals surface area contributed by atoms with Crippen LogP contribution in [0, 0.1) is 6.92 Å². The van der Waals surface area contributed by atoms with Crippen molar-refractivity contribution < 1.29 is 4.79 Å². The Balaban J connectivity index is 2.03. The van der Waals surface area contributed by atoms with Crippen LogP contribution in [0.15, 0.2) is 18.2 Å². The van der Waals surface area contributed by atoms with Gasteiger partial charge in [-0.25, -0.2) is 0 Å². The van der Waals surface area contributed by atoms with Crippen LogP contribution >= 0.6 is 0 Å². The third kappa shape index (κ3) is 4.08. The number of nitrogens with zero attached hydrogens (tertiary/aromatic N) is 1. The first-order valence-electron chi connectivity index (χ1n) is 8.41. The Morgan fingerprint density at radius 2 is 2.23 bits per heavy atom. The quantitative estimate of drug-likeness (QED) is 0.879. The standard InChI is InChI=1S/C18H29N3O/c1-4-15-9-7-8-13(2)18(15)20-17(22)12-21-11-6-5-10-16(21)14(3)19/h7-9,14,16H,4-6,10-12,19H2,1-3H3,(H,20,22). The molecule has 4 nitrogen and oxygen atoms in total. The van der Waals surface area contributed by atoms with Gasteiger partial charge in [-0.15, -0.1) is 0 Å². The number of likely N-dealkylation sites (tertiary alicyclic amines) is 1. The molecule has 122 valence electrons. The van der Waals surface area contributed by atoms with Crippen LogP contribution in [0.25, 0.3) is 0 Å². The number of piperidine rings is 1. The van der Waals surface area contributed by atoms with E-state index in [0.717, 1.165) is 37.1 Å². The number of hydrogen-bond acceptors (Lipinski definition) is 3. The molecule has 2 rings (SSSR count). The van der Waals surface area contributed by atoms with E-state index >= 15 is 0 Å². The highest BCUT2D eigenvalue weighted by atomic mass is 16.2. The first kappa shape index (κ1) is 17.0. The molecule has 4 heteroatoms. The van der Waals surface area contributed by atoms with Crippen LogP contribution in [0.5, 0.6) is 0 Å². The monoisotopic (exact) mass is 303 g/mol. The van der Waals surface area contributed by atoms with Crippen LogP contribution in [-0.4, -0.2) is 36.0 Å². The number of para-hydroxylation sites is 1. The van der Waals surface area contributed by atoms with Gasteiger partial charge in [-0.2, -0.15) is 0 Å². The lowest BCUT2D eigenvalue weighted by atomic mass is 9.97. The maximum Gasteiger partial charge on any atom is 0.238 e. The van der Waals surface area contributed by atoms with Crippen molar-refractivity contribution in [3.63, 3.8) is 0 Å². The van der Waals surface area contributed by atoms with E-state index in [4.69, 9.17) is 5.73 Å². The predicted molar refractivity (Wildman–Crippen MR) is 92.0 cm³/mol. The molecule has 1 aliphatic rings. The SMILES string of the molecule is CCc1cccc(C)c1NC(=O)CN1CCCCC1C(C)N. The Labute approximate surface area is 134 Å². The van der Waals surface area contributed by atoms with Gasteiger partial charge in [-0.1, -0.05) is 31.5 Å². The Morgan fingerprint density at radius 3 is 2.91 bits per heavy atom. The summed E-state index contributed by atoms with van der Waals surface area (Å²) in [4.78, 5) is 14.7. The van der Waals surface area contributed by atoms with E-state index in [1.54, 1.807) is 0 Å². The van der Waals surface area contributed by atoms with Gasteiger partial charge in [0.1, 0.15) is 0 Å². The van der Waals surface area contributed by atoms with Gasteiger partial charge in [0.25, 0.3) is 0 Å². The van der Waals surface area contributed by atoms with Crippen LogP contribution in [0.3, 0.4) is 0 Å². The van der Waals surface area contributed by atoms with Gasteiger partial charge < -0.3 is 11.1 Å². The molecule has 1 aliphatic heterocycles. The Hall–Kier alpha value is -1.39. The molecule has 1 amide bonds. The summed E-state index contributed by atoms with van der Waals surface area (Å²) < 4.78 is 0. The highest BCUT2D eigenvalue weighted by Gasteiger charge is 2.27. The van der Waals surface area contributed by atoms with Crippen LogP contribution in [0.1, 0.15) is 44.2 Å². The number of rotatable bonds is 5. The van der Waals surface area contributed by atoms with E-state index in [2.05, 4.69) is 23.2 Å². The number of nitrogens with one attached hydrogen (secondary N) is 1. The topological polar surface area (TPSA) is 58.4 Å². The fourth-order valence-electron chi connectivity index (χ4n) is 3.37. The first-order chi connectivity index (χ1) is 10.5. The molecule has 0 saturated carbocycles. The molecule has 0 spiro atoms. The zero-order valence-electron chi connectivity index (χ0n) is 14.1. The minimum atomic E-state index is 0.0663. The van der Waals surface area contributed by atoms with E-state index < -0.39 is 0 Å². The molecule has 22 heavy (non-hydrogen) atoms. The van der Waals surface area contributed by atoms with Crippen molar-refractivity contribution in [3.05, 3.63) is 29.3 Å². The molecule has 2 unspecified atom stereocenters. The molecule has 1 aromatic rings. The average Bonchev–Trinajstić information content (AvgIpc) is 2.49. The van der Waals surface area contributed by atoms with Gasteiger partial charge in [-0.3, -0.25) is 9.69 Å². The summed E-state index contributed by atoms with van der Waals surface area (Å²) in [6.45, 7) is 7.59. The second kappa shape index (κ2) is 7.75. The van der Waals surface area contributed by atoms with Crippen molar-refractivity contribution in [2.45, 2.75) is 58.5 Å². The molecule has 1 fully saturated rings. The molecular weight excluding hydrogens is 274 g/mol. The molecule has 2 atom stereocenters. The zero-order valence-corrected chi connectivity index (χ0v) is 14.1. The first-order valence-corrected chi connectivity index (χ1v) is 8.41. The number of amides is 1. The molecule has 0 bridgehead atoms. The van der Waals surface area contributed by atoms with Crippen molar-refractivity contribution in [3.8, 4) is 0 Å². The van der Waals surface area contributed by atoms with E-state index in [0.29, 0.717) is 12.6 Å². The second-order valence-corrected chi connectivity index (χ2v) is 6.40. The second-order valence-electron chi connectivity index (χ2n) is 6.40. The van der Waals surface area contributed by atoms with E-state index in [-0.39, 0.29) is 11.9 Å². The van der Waals surface area contributed by atoms with Crippen molar-refractivity contribution in [1.82, 2.24) is 4.90 Å². The van der Waals surface area contributed by atoms with Gasteiger partial charge in [0.05, 0.1) is 6.54 Å². The minimum Gasteiger partial charge on any atom is -0.327 e. The van der Waals surface area contributed by atoms with Crippen LogP contribution in [-0.2, 0) is 11.2 Å². The summed E-state index contributed by atoms with van der Waals surface area (Å²) in [6, 6.07) is 6.59. The summed E-state index contributed by atoms with van der Waals surface area (Å²) in [5.74, 6) is 0.0663. The van der Waals surface area contributed by atoms with Gasteiger partial charge in [0.2, 0.25) is 5.91 Å². The lowest BCUT2D eigenvalue weighted by Crippen LogP contribution is -2.51. The van der Waals surface area contributed by atoms with Gasteiger partial charge >= 0.3 is 0 Å². The van der Waals surface area contributed by atoms with E-state index in [1.807, 2.05) is 26.0 Å². The Bertz CT molecular complexity index is 513. The lowest BCUT2D eigenvalue weighted by Gasteiger charge is -2.37. The number of carbonyl (C=O) groups is 1. The van der Waals surface area contributed by atoms with Crippen molar-refractivity contribution in [2.24, 2.45) is 5.73 Å². The summed E-state index contributed by atoms with van der Waals surface area (Å²) in [5, 5.41) is 3.12. The largest absolute Gasteiger partial charge is 0.327 e. The molecule has 1 heterocycles. The highest BCUT2D eigenvalue weighted by molar-refractivity contribution is 5.93. The minimum absolute atomic E-state index is 0.0663. The normalized spacial score (nSPS) is 20.6. The van der Waals surface area contributed by atoms with Crippen LogP contribution in [0.2, 0.25) is 0 Å². The van der Waals surface area contributed by atoms with Crippen LogP contribution in [0.4, 0.5) is 5.69 Å². The summed E-state index contributed by atoms with van der Waals surface area (Å²) in [6.07, 6.45) is 4.38. The lowest BCUT2D eigenvalue weighted by molar-refractivity contribution is -0.118. The zero-order chi connectivity index (χ0) is 16.1. The average molecular weight is 303 g/mol. The third-order valence-electron chi connectivity index (χ3n) is 4.62. The van der Waals surface area contributed by atoms with Gasteiger partial charge in [-0.05, 0) is 50.8 Å². The molecule has 0 radical (unpaired) electrons. The van der Waals surface area contributed by atoms with Crippen LogP contribution < -0.4 is 11.1 Å². The van der Waals surface area contributed by atoms with E-state index in [9.17, 15) is 4.79 Å². The van der Waals surface area contributed by atoms with Crippen molar-refractivity contribution in [1.29, 1.82) is 0 Å². The molecule has 0 aliphatic carbocycles. The highest BCUT2D eigenvalue weighted by Crippen LogP contribution is 2.22. The summed E-state index contributed by atoms with van der Waals surface area (Å²) in [7, 11) is 0.